The molecule has 7 nitrogen and oxygen atoms in total. The van der Waals surface area contributed by atoms with E-state index >= 15 is 0 Å². The smallest absolute Gasteiger partial charge is 0.270 e. The average molecular weight is 321 g/mol. The molecule has 2 heterocycles. The van der Waals surface area contributed by atoms with Crippen LogP contribution in [0.5, 0.6) is 5.75 Å². The van der Waals surface area contributed by atoms with E-state index in [1.54, 1.807) is 0 Å². The second-order valence-electron chi connectivity index (χ2n) is 6.18. The number of nitrogens with zero attached hydrogens (tertiary/aromatic N) is 2. The number of ether oxygens (including phenoxy) is 1. The molecule has 2 aliphatic heterocycles. The summed E-state index contributed by atoms with van der Waals surface area (Å²) >= 11 is 0. The number of non-ortho nitro benzene ring substituents is 1. The monoisotopic (exact) mass is 321 g/mol. The van der Waals surface area contributed by atoms with Gasteiger partial charge in [0.2, 0.25) is 0 Å². The summed E-state index contributed by atoms with van der Waals surface area (Å²) in [5, 5.41) is 24.8. The number of hydrogen-bond donors (Lipinski definition) is 2. The van der Waals surface area contributed by atoms with Crippen molar-refractivity contribution in [3.63, 3.8) is 0 Å². The molecular formula is C16H23N3O4. The van der Waals surface area contributed by atoms with Gasteiger partial charge in [-0.2, -0.15) is 0 Å². The van der Waals surface area contributed by atoms with Crippen LogP contribution in [0.3, 0.4) is 0 Å². The third-order valence-electron chi connectivity index (χ3n) is 4.80. The molecule has 23 heavy (non-hydrogen) atoms. The zero-order valence-electron chi connectivity index (χ0n) is 13.1. The van der Waals surface area contributed by atoms with Gasteiger partial charge in [-0.05, 0) is 24.8 Å². The molecule has 0 unspecified atom stereocenters. The second kappa shape index (κ2) is 7.25. The van der Waals surface area contributed by atoms with Gasteiger partial charge in [0.15, 0.2) is 0 Å². The Morgan fingerprint density at radius 2 is 2.00 bits per heavy atom. The predicted octanol–water partition coefficient (Wildman–Crippen LogP) is 1.67. The number of phenols is 1. The molecule has 126 valence electrons. The molecule has 2 aliphatic rings. The lowest BCUT2D eigenvalue weighted by Crippen LogP contribution is -2.47. The largest absolute Gasteiger partial charge is 0.508 e. The lowest BCUT2D eigenvalue weighted by molar-refractivity contribution is -0.385. The summed E-state index contributed by atoms with van der Waals surface area (Å²) in [5.41, 5.74) is 0.706. The van der Waals surface area contributed by atoms with Crippen molar-refractivity contribution in [3.05, 3.63) is 33.9 Å². The van der Waals surface area contributed by atoms with Crippen LogP contribution in [0.15, 0.2) is 18.2 Å². The number of nitro groups is 1. The topological polar surface area (TPSA) is 87.9 Å². The summed E-state index contributed by atoms with van der Waals surface area (Å²) in [6.45, 7) is 4.98. The minimum absolute atomic E-state index is 0.000833. The van der Waals surface area contributed by atoms with E-state index in [1.807, 2.05) is 0 Å². The first kappa shape index (κ1) is 16.2. The molecule has 0 aliphatic carbocycles. The fourth-order valence-corrected chi connectivity index (χ4v) is 3.63. The van der Waals surface area contributed by atoms with Gasteiger partial charge in [0.05, 0.1) is 4.92 Å². The van der Waals surface area contributed by atoms with Crippen molar-refractivity contribution in [2.75, 3.05) is 39.4 Å². The maximum absolute atomic E-state index is 11.1. The third kappa shape index (κ3) is 3.63. The Morgan fingerprint density at radius 1 is 1.30 bits per heavy atom. The Balaban J connectivity index is 1.96. The Kier molecular flexibility index (Phi) is 5.09. The molecule has 0 aromatic heterocycles. The van der Waals surface area contributed by atoms with Crippen LogP contribution >= 0.6 is 0 Å². The standard InChI is InChI=1S/C16H23N3O4/c20-15-2-1-13(19(21)22)11-14(15)16(12-3-9-23-10-4-12)18-7-5-17-6-8-18/h1-2,11-12,16-17,20H,3-10H2/t16-/m1/s1. The SMILES string of the molecule is O=[N+]([O-])c1ccc(O)c([C@@H](C2CCOCC2)N2CCNCC2)c1. The van der Waals surface area contributed by atoms with Gasteiger partial charge in [0.1, 0.15) is 5.75 Å². The normalized spacial score (nSPS) is 21.9. The second-order valence-corrected chi connectivity index (χ2v) is 6.18. The molecule has 3 rings (SSSR count). The molecular weight excluding hydrogens is 298 g/mol. The highest BCUT2D eigenvalue weighted by Gasteiger charge is 2.33. The van der Waals surface area contributed by atoms with Gasteiger partial charge < -0.3 is 15.2 Å². The van der Waals surface area contributed by atoms with Crippen molar-refractivity contribution in [3.8, 4) is 5.75 Å². The number of piperazine rings is 1. The number of nitro benzene ring substituents is 1. The summed E-state index contributed by atoms with van der Waals surface area (Å²) in [5.74, 6) is 0.486. The van der Waals surface area contributed by atoms with Crippen molar-refractivity contribution in [2.45, 2.75) is 18.9 Å². The van der Waals surface area contributed by atoms with Crippen LogP contribution < -0.4 is 5.32 Å². The maximum atomic E-state index is 11.1. The van der Waals surface area contributed by atoms with Crippen molar-refractivity contribution < 1.29 is 14.8 Å². The number of rotatable bonds is 4. The quantitative estimate of drug-likeness (QED) is 0.648. The van der Waals surface area contributed by atoms with E-state index in [0.717, 1.165) is 39.0 Å². The molecule has 0 spiro atoms. The van der Waals surface area contributed by atoms with Gasteiger partial charge in [0.25, 0.3) is 5.69 Å². The summed E-state index contributed by atoms with van der Waals surface area (Å²) < 4.78 is 5.46. The van der Waals surface area contributed by atoms with Crippen molar-refractivity contribution in [1.29, 1.82) is 0 Å². The zero-order valence-corrected chi connectivity index (χ0v) is 13.1. The number of phenolic OH excluding ortho intramolecular Hbond substituents is 1. The van der Waals surface area contributed by atoms with Gasteiger partial charge >= 0.3 is 0 Å². The van der Waals surface area contributed by atoms with E-state index in [0.29, 0.717) is 24.7 Å². The van der Waals surface area contributed by atoms with Gasteiger partial charge in [0, 0.05) is 63.1 Å². The first-order chi connectivity index (χ1) is 11.2. The van der Waals surface area contributed by atoms with Crippen LogP contribution in [-0.2, 0) is 4.74 Å². The van der Waals surface area contributed by atoms with Crippen LogP contribution in [0.25, 0.3) is 0 Å². The van der Waals surface area contributed by atoms with Gasteiger partial charge in [-0.25, -0.2) is 0 Å². The zero-order chi connectivity index (χ0) is 16.2. The molecule has 0 radical (unpaired) electrons. The maximum Gasteiger partial charge on any atom is 0.270 e. The van der Waals surface area contributed by atoms with E-state index < -0.39 is 4.92 Å². The number of hydrogen-bond acceptors (Lipinski definition) is 6. The van der Waals surface area contributed by atoms with Gasteiger partial charge in [-0.15, -0.1) is 0 Å². The highest BCUT2D eigenvalue weighted by Crippen LogP contribution is 2.40. The molecule has 7 heteroatoms. The first-order valence-electron chi connectivity index (χ1n) is 8.16. The van der Waals surface area contributed by atoms with Crippen LogP contribution in [-0.4, -0.2) is 54.3 Å². The highest BCUT2D eigenvalue weighted by atomic mass is 16.6. The minimum Gasteiger partial charge on any atom is -0.508 e. The van der Waals surface area contributed by atoms with Crippen LogP contribution in [0.1, 0.15) is 24.4 Å². The molecule has 1 aromatic rings. The van der Waals surface area contributed by atoms with E-state index in [9.17, 15) is 15.2 Å². The predicted molar refractivity (Wildman–Crippen MR) is 85.5 cm³/mol. The fourth-order valence-electron chi connectivity index (χ4n) is 3.63. The molecule has 0 saturated carbocycles. The summed E-state index contributed by atoms with van der Waals surface area (Å²) in [6, 6.07) is 4.35. The van der Waals surface area contributed by atoms with Crippen LogP contribution in [0.4, 0.5) is 5.69 Å². The Labute approximate surface area is 135 Å². The van der Waals surface area contributed by atoms with E-state index in [1.165, 1.54) is 18.2 Å². The van der Waals surface area contributed by atoms with Crippen LogP contribution in [0.2, 0.25) is 0 Å². The molecule has 1 aromatic carbocycles. The highest BCUT2D eigenvalue weighted by molar-refractivity contribution is 5.45. The Morgan fingerprint density at radius 3 is 2.65 bits per heavy atom. The minimum atomic E-state index is -0.401. The lowest BCUT2D eigenvalue weighted by atomic mass is 9.85. The molecule has 2 saturated heterocycles. The summed E-state index contributed by atoms with van der Waals surface area (Å²) in [7, 11) is 0. The summed E-state index contributed by atoms with van der Waals surface area (Å²) in [6.07, 6.45) is 1.83. The Bertz CT molecular complexity index is 536. The molecule has 2 fully saturated rings. The number of nitrogens with one attached hydrogen (secondary N) is 1. The molecule has 0 amide bonds. The van der Waals surface area contributed by atoms with E-state index in [4.69, 9.17) is 4.74 Å². The summed E-state index contributed by atoms with van der Waals surface area (Å²) in [4.78, 5) is 13.1. The number of aromatic hydroxyl groups is 1. The van der Waals surface area contributed by atoms with Crippen molar-refractivity contribution >= 4 is 5.69 Å². The number of benzene rings is 1. The average Bonchev–Trinajstić information content (AvgIpc) is 2.58. The van der Waals surface area contributed by atoms with E-state index in [2.05, 4.69) is 10.2 Å². The Hall–Kier alpha value is -1.70. The lowest BCUT2D eigenvalue weighted by Gasteiger charge is -2.41. The van der Waals surface area contributed by atoms with Crippen LogP contribution in [0, 0.1) is 16.0 Å². The third-order valence-corrected chi connectivity index (χ3v) is 4.80. The molecule has 1 atom stereocenters. The molecule has 2 N–H and O–H groups in total. The molecule has 0 bridgehead atoms. The first-order valence-corrected chi connectivity index (χ1v) is 8.16. The van der Waals surface area contributed by atoms with Gasteiger partial charge in [-0.1, -0.05) is 0 Å². The van der Waals surface area contributed by atoms with E-state index in [-0.39, 0.29) is 17.5 Å². The van der Waals surface area contributed by atoms with Gasteiger partial charge in [-0.3, -0.25) is 15.0 Å². The van der Waals surface area contributed by atoms with Crippen molar-refractivity contribution in [2.24, 2.45) is 5.92 Å². The van der Waals surface area contributed by atoms with Crippen molar-refractivity contribution in [1.82, 2.24) is 10.2 Å². The fraction of sp³-hybridized carbons (Fsp3) is 0.625.